The van der Waals surface area contributed by atoms with Crippen molar-refractivity contribution in [1.82, 2.24) is 9.55 Å². The van der Waals surface area contributed by atoms with Gasteiger partial charge < -0.3 is 14.6 Å². The normalized spacial score (nSPS) is 11.1. The number of thiazole rings is 1. The van der Waals surface area contributed by atoms with Crippen LogP contribution in [-0.4, -0.2) is 29.8 Å². The van der Waals surface area contributed by atoms with Gasteiger partial charge in [-0.1, -0.05) is 13.8 Å². The largest absolute Gasteiger partial charge is 0.383 e. The molecular formula is C15H21N3O2S. The smallest absolute Gasteiger partial charge is 0.259 e. The summed E-state index contributed by atoms with van der Waals surface area (Å²) in [5.74, 6) is 0.318. The van der Waals surface area contributed by atoms with E-state index in [1.165, 1.54) is 11.3 Å². The molecule has 0 aromatic carbocycles. The summed E-state index contributed by atoms with van der Waals surface area (Å²) in [5.41, 5.74) is 2.38. The Kier molecular flexibility index (Phi) is 5.14. The van der Waals surface area contributed by atoms with E-state index in [1.54, 1.807) is 11.7 Å². The summed E-state index contributed by atoms with van der Waals surface area (Å²) in [6, 6.07) is 3.87. The van der Waals surface area contributed by atoms with Gasteiger partial charge in [-0.25, -0.2) is 4.98 Å². The minimum Gasteiger partial charge on any atom is -0.383 e. The third-order valence-electron chi connectivity index (χ3n) is 3.30. The van der Waals surface area contributed by atoms with E-state index in [4.69, 9.17) is 4.74 Å². The average Bonchev–Trinajstić information content (AvgIpc) is 2.90. The number of nitrogens with zero attached hydrogens (tertiary/aromatic N) is 2. The first kappa shape index (κ1) is 15.7. The molecule has 0 bridgehead atoms. The second kappa shape index (κ2) is 6.87. The predicted octanol–water partition coefficient (Wildman–Crippen LogP) is 2.69. The molecule has 5 nitrogen and oxygen atoms in total. The van der Waals surface area contributed by atoms with E-state index < -0.39 is 0 Å². The van der Waals surface area contributed by atoms with Gasteiger partial charge in [-0.2, -0.15) is 0 Å². The van der Waals surface area contributed by atoms with E-state index in [0.29, 0.717) is 24.6 Å². The first-order valence-electron chi connectivity index (χ1n) is 6.93. The quantitative estimate of drug-likeness (QED) is 0.834. The maximum absolute atomic E-state index is 12.5. The summed E-state index contributed by atoms with van der Waals surface area (Å²) >= 11 is 1.49. The van der Waals surface area contributed by atoms with Crippen molar-refractivity contribution in [2.45, 2.75) is 19.8 Å². The molecule has 0 aliphatic rings. The Morgan fingerprint density at radius 2 is 2.19 bits per heavy atom. The van der Waals surface area contributed by atoms with Gasteiger partial charge in [0.25, 0.3) is 5.56 Å². The number of anilines is 1. The van der Waals surface area contributed by atoms with E-state index in [0.717, 1.165) is 16.5 Å². The molecular weight excluding hydrogens is 286 g/mol. The second-order valence-corrected chi connectivity index (χ2v) is 6.01. The maximum Gasteiger partial charge on any atom is 0.259 e. The van der Waals surface area contributed by atoms with Crippen LogP contribution in [0, 0.1) is 0 Å². The highest BCUT2D eigenvalue weighted by molar-refractivity contribution is 7.14. The Bertz CT molecular complexity index is 661. The fourth-order valence-electron chi connectivity index (χ4n) is 2.16. The van der Waals surface area contributed by atoms with Gasteiger partial charge >= 0.3 is 0 Å². The Balaban J connectivity index is 2.27. The van der Waals surface area contributed by atoms with Crippen LogP contribution in [0.5, 0.6) is 0 Å². The molecule has 1 N–H and O–H groups in total. The first-order valence-corrected chi connectivity index (χ1v) is 7.81. The van der Waals surface area contributed by atoms with Crippen LogP contribution in [0.4, 0.5) is 5.13 Å². The van der Waals surface area contributed by atoms with E-state index in [2.05, 4.69) is 24.1 Å². The summed E-state index contributed by atoms with van der Waals surface area (Å²) in [6.07, 6.45) is 0. The summed E-state index contributed by atoms with van der Waals surface area (Å²) < 4.78 is 6.69. The van der Waals surface area contributed by atoms with Crippen LogP contribution >= 0.6 is 11.3 Å². The Morgan fingerprint density at radius 1 is 1.43 bits per heavy atom. The van der Waals surface area contributed by atoms with Gasteiger partial charge in [0.05, 0.1) is 17.9 Å². The molecule has 21 heavy (non-hydrogen) atoms. The van der Waals surface area contributed by atoms with Gasteiger partial charge in [-0.3, -0.25) is 4.79 Å². The van der Waals surface area contributed by atoms with E-state index in [1.807, 2.05) is 24.6 Å². The fourth-order valence-corrected chi connectivity index (χ4v) is 2.90. The van der Waals surface area contributed by atoms with Crippen LogP contribution in [0.2, 0.25) is 0 Å². The Hall–Kier alpha value is -1.66. The average molecular weight is 307 g/mol. The first-order chi connectivity index (χ1) is 10.0. The van der Waals surface area contributed by atoms with Crippen molar-refractivity contribution in [2.75, 3.05) is 25.6 Å². The zero-order chi connectivity index (χ0) is 15.4. The molecule has 2 aromatic heterocycles. The van der Waals surface area contributed by atoms with Crippen molar-refractivity contribution in [3.8, 4) is 11.3 Å². The minimum atomic E-state index is -0.00468. The molecule has 0 fully saturated rings. The van der Waals surface area contributed by atoms with Crippen molar-refractivity contribution >= 4 is 16.5 Å². The second-order valence-electron chi connectivity index (χ2n) is 5.15. The number of hydrogen-bond acceptors (Lipinski definition) is 5. The number of hydrogen-bond donors (Lipinski definition) is 1. The summed E-state index contributed by atoms with van der Waals surface area (Å²) in [7, 11) is 3.47. The zero-order valence-electron chi connectivity index (χ0n) is 12.8. The fraction of sp³-hybridized carbons (Fsp3) is 0.467. The minimum absolute atomic E-state index is 0.00468. The third-order valence-corrected chi connectivity index (χ3v) is 4.10. The molecule has 0 saturated heterocycles. The van der Waals surface area contributed by atoms with Gasteiger partial charge in [0.15, 0.2) is 5.13 Å². The van der Waals surface area contributed by atoms with Crippen LogP contribution in [0.25, 0.3) is 11.3 Å². The predicted molar refractivity (Wildman–Crippen MR) is 87.2 cm³/mol. The summed E-state index contributed by atoms with van der Waals surface area (Å²) in [5, 5.41) is 5.88. The lowest BCUT2D eigenvalue weighted by atomic mass is 10.1. The van der Waals surface area contributed by atoms with Gasteiger partial charge in [0, 0.05) is 31.8 Å². The topological polar surface area (TPSA) is 56.1 Å². The van der Waals surface area contributed by atoms with Crippen LogP contribution in [-0.2, 0) is 11.8 Å². The van der Waals surface area contributed by atoms with Crippen molar-refractivity contribution in [1.29, 1.82) is 0 Å². The van der Waals surface area contributed by atoms with E-state index >= 15 is 0 Å². The summed E-state index contributed by atoms with van der Waals surface area (Å²) in [6.45, 7) is 5.48. The van der Waals surface area contributed by atoms with Gasteiger partial charge in [-0.05, 0) is 18.1 Å². The number of methoxy groups -OCH3 is 1. The monoisotopic (exact) mass is 307 g/mol. The highest BCUT2D eigenvalue weighted by atomic mass is 32.1. The van der Waals surface area contributed by atoms with Crippen LogP contribution in [0.15, 0.2) is 22.3 Å². The van der Waals surface area contributed by atoms with E-state index in [-0.39, 0.29) is 5.56 Å². The van der Waals surface area contributed by atoms with Crippen LogP contribution in [0.1, 0.15) is 25.5 Å². The molecule has 0 aliphatic carbocycles. The molecule has 0 aliphatic heterocycles. The molecule has 0 spiro atoms. The van der Waals surface area contributed by atoms with Crippen molar-refractivity contribution in [2.24, 2.45) is 7.05 Å². The van der Waals surface area contributed by atoms with E-state index in [9.17, 15) is 4.79 Å². The lowest BCUT2D eigenvalue weighted by Gasteiger charge is -2.12. The SMILES string of the molecule is COCCNc1nc(-c2ccc(C(C)C)n(C)c2=O)cs1. The number of aromatic nitrogens is 2. The molecule has 0 unspecified atom stereocenters. The summed E-state index contributed by atoms with van der Waals surface area (Å²) in [4.78, 5) is 16.9. The number of nitrogens with one attached hydrogen (secondary N) is 1. The van der Waals surface area contributed by atoms with Crippen molar-refractivity contribution < 1.29 is 4.74 Å². The lowest BCUT2D eigenvalue weighted by molar-refractivity contribution is 0.211. The Morgan fingerprint density at radius 3 is 2.86 bits per heavy atom. The molecule has 0 atom stereocenters. The van der Waals surface area contributed by atoms with Crippen LogP contribution < -0.4 is 10.9 Å². The molecule has 2 aromatic rings. The highest BCUT2D eigenvalue weighted by Gasteiger charge is 2.12. The van der Waals surface area contributed by atoms with Crippen molar-refractivity contribution in [3.05, 3.63) is 33.6 Å². The number of rotatable bonds is 6. The van der Waals surface area contributed by atoms with Gasteiger partial charge in [0.1, 0.15) is 0 Å². The molecule has 2 heterocycles. The maximum atomic E-state index is 12.5. The molecule has 0 radical (unpaired) electrons. The Labute approximate surface area is 128 Å². The standard InChI is InChI=1S/C15H21N3O2S/c1-10(2)13-6-5-11(14(19)18(13)3)12-9-21-15(17-12)16-7-8-20-4/h5-6,9-10H,7-8H2,1-4H3,(H,16,17). The molecule has 0 amide bonds. The molecule has 114 valence electrons. The molecule has 6 heteroatoms. The molecule has 2 rings (SSSR count). The van der Waals surface area contributed by atoms with Crippen molar-refractivity contribution in [3.63, 3.8) is 0 Å². The number of ether oxygens (including phenoxy) is 1. The zero-order valence-corrected chi connectivity index (χ0v) is 13.7. The van der Waals surface area contributed by atoms with Gasteiger partial charge in [0.2, 0.25) is 0 Å². The third kappa shape index (κ3) is 3.51. The molecule has 0 saturated carbocycles. The van der Waals surface area contributed by atoms with Gasteiger partial charge in [-0.15, -0.1) is 11.3 Å². The highest BCUT2D eigenvalue weighted by Crippen LogP contribution is 2.23. The number of pyridine rings is 1. The van der Waals surface area contributed by atoms with Crippen LogP contribution in [0.3, 0.4) is 0 Å². The lowest BCUT2D eigenvalue weighted by Crippen LogP contribution is -2.22.